The molecule has 0 spiro atoms. The van der Waals surface area contributed by atoms with Crippen LogP contribution in [0.2, 0.25) is 0 Å². The van der Waals surface area contributed by atoms with Gasteiger partial charge in [-0.3, -0.25) is 4.79 Å². The monoisotopic (exact) mass is 472 g/mol. The summed E-state index contributed by atoms with van der Waals surface area (Å²) in [7, 11) is 0. The Morgan fingerprint density at radius 1 is 1.12 bits per heavy atom. The molecule has 174 valence electrons. The highest BCUT2D eigenvalue weighted by Gasteiger charge is 2.31. The van der Waals surface area contributed by atoms with Crippen molar-refractivity contribution in [3.63, 3.8) is 0 Å². The van der Waals surface area contributed by atoms with Crippen molar-refractivity contribution in [2.24, 2.45) is 10.8 Å². The van der Waals surface area contributed by atoms with Crippen molar-refractivity contribution in [3.05, 3.63) is 82.0 Å². The molecule has 4 N–H and O–H groups in total. The quantitative estimate of drug-likeness (QED) is 0.258. The van der Waals surface area contributed by atoms with Gasteiger partial charge in [0, 0.05) is 28.8 Å². The molecule has 34 heavy (non-hydrogen) atoms. The van der Waals surface area contributed by atoms with E-state index in [2.05, 4.69) is 30.6 Å². The average molecular weight is 472 g/mol. The van der Waals surface area contributed by atoms with E-state index in [1.807, 2.05) is 0 Å². The van der Waals surface area contributed by atoms with Gasteiger partial charge in [-0.05, 0) is 58.7 Å². The first-order valence-corrected chi connectivity index (χ1v) is 9.35. The number of carbonyl (C=O) groups excluding carboxylic acids is 2. The maximum atomic E-state index is 13.0. The van der Waals surface area contributed by atoms with Crippen LogP contribution in [0.1, 0.15) is 21.5 Å². The lowest BCUT2D eigenvalue weighted by molar-refractivity contribution is -0.137. The Morgan fingerprint density at radius 2 is 1.85 bits per heavy atom. The standard InChI is InChI=1S/C20H15F3N8O3/c21-20(22,23)13-6-11(5-12(7-13)18(24)32)9-26-19(33)29-14-1-3-15(4-2-14)34-17-8-16(30-31-25)27-10-28-17/h1-8,10H,9H2,(H2,24,32)(H2,26,29,33). The molecule has 0 unspecified atom stereocenters. The predicted molar refractivity (Wildman–Crippen MR) is 113 cm³/mol. The van der Waals surface area contributed by atoms with E-state index in [4.69, 9.17) is 16.0 Å². The smallest absolute Gasteiger partial charge is 0.416 e. The maximum Gasteiger partial charge on any atom is 0.416 e. The van der Waals surface area contributed by atoms with E-state index in [0.29, 0.717) is 17.5 Å². The number of alkyl halides is 3. The minimum atomic E-state index is -4.68. The molecule has 0 aliphatic heterocycles. The third-order valence-corrected chi connectivity index (χ3v) is 4.17. The summed E-state index contributed by atoms with van der Waals surface area (Å²) in [4.78, 5) is 33.7. The molecule has 11 nitrogen and oxygen atoms in total. The Labute approximate surface area is 189 Å². The van der Waals surface area contributed by atoms with Crippen molar-refractivity contribution in [2.45, 2.75) is 12.7 Å². The van der Waals surface area contributed by atoms with Gasteiger partial charge in [0.15, 0.2) is 0 Å². The molecule has 0 aliphatic rings. The van der Waals surface area contributed by atoms with Gasteiger partial charge in [-0.1, -0.05) is 0 Å². The lowest BCUT2D eigenvalue weighted by Crippen LogP contribution is -2.28. The SMILES string of the molecule is [N-]=[N+]=Nc1cc(Oc2ccc(NC(=O)NCc3cc(C(N)=O)cc(C(F)(F)F)c3)cc2)ncn1. The van der Waals surface area contributed by atoms with Crippen LogP contribution in [0.3, 0.4) is 0 Å². The van der Waals surface area contributed by atoms with Crippen LogP contribution in [0, 0.1) is 0 Å². The molecule has 0 atom stereocenters. The molecule has 3 aromatic rings. The molecule has 0 radical (unpaired) electrons. The molecule has 0 fully saturated rings. The molecule has 1 heterocycles. The van der Waals surface area contributed by atoms with Gasteiger partial charge in [0.05, 0.1) is 5.56 Å². The number of nitrogens with zero attached hydrogens (tertiary/aromatic N) is 5. The average Bonchev–Trinajstić information content (AvgIpc) is 2.79. The third kappa shape index (κ3) is 6.58. The number of nitrogens with two attached hydrogens (primary N) is 1. The normalized spacial score (nSPS) is 10.7. The van der Waals surface area contributed by atoms with Gasteiger partial charge in [0.25, 0.3) is 0 Å². The first-order chi connectivity index (χ1) is 16.1. The summed E-state index contributed by atoms with van der Waals surface area (Å²) in [6.07, 6.45) is -3.51. The fourth-order valence-electron chi connectivity index (χ4n) is 2.67. The van der Waals surface area contributed by atoms with Crippen LogP contribution in [0.25, 0.3) is 10.4 Å². The van der Waals surface area contributed by atoms with E-state index in [0.717, 1.165) is 12.4 Å². The lowest BCUT2D eigenvalue weighted by Gasteiger charge is -2.12. The van der Waals surface area contributed by atoms with Crippen LogP contribution in [-0.2, 0) is 12.7 Å². The van der Waals surface area contributed by atoms with Crippen molar-refractivity contribution in [2.75, 3.05) is 5.32 Å². The van der Waals surface area contributed by atoms with E-state index < -0.39 is 23.7 Å². The van der Waals surface area contributed by atoms with Crippen molar-refractivity contribution in [1.29, 1.82) is 0 Å². The Balaban J connectivity index is 1.60. The second-order valence-corrected chi connectivity index (χ2v) is 6.62. The number of ether oxygens (including phenoxy) is 1. The fourth-order valence-corrected chi connectivity index (χ4v) is 2.67. The molecule has 0 bridgehead atoms. The number of urea groups is 1. The van der Waals surface area contributed by atoms with Crippen LogP contribution in [0.15, 0.2) is 60.0 Å². The number of rotatable bonds is 7. The number of anilines is 1. The molecular weight excluding hydrogens is 457 g/mol. The number of aromatic nitrogens is 2. The first-order valence-electron chi connectivity index (χ1n) is 9.35. The van der Waals surface area contributed by atoms with E-state index in [9.17, 15) is 22.8 Å². The third-order valence-electron chi connectivity index (χ3n) is 4.17. The number of carbonyl (C=O) groups is 2. The number of nitrogens with one attached hydrogen (secondary N) is 2. The van der Waals surface area contributed by atoms with Gasteiger partial charge in [-0.15, -0.1) is 0 Å². The number of halogens is 3. The maximum absolute atomic E-state index is 13.0. The Morgan fingerprint density at radius 3 is 2.50 bits per heavy atom. The predicted octanol–water partition coefficient (Wildman–Crippen LogP) is 4.65. The molecule has 0 saturated carbocycles. The number of amides is 3. The molecular formula is C20H15F3N8O3. The second kappa shape index (κ2) is 10.2. The molecule has 3 rings (SSSR count). The van der Waals surface area contributed by atoms with Gasteiger partial charge in [0.2, 0.25) is 11.8 Å². The zero-order valence-electron chi connectivity index (χ0n) is 17.1. The number of primary amides is 1. The van der Waals surface area contributed by atoms with Crippen LogP contribution in [0.4, 0.5) is 29.5 Å². The zero-order chi connectivity index (χ0) is 24.7. The summed E-state index contributed by atoms with van der Waals surface area (Å²) in [5.41, 5.74) is 12.6. The van der Waals surface area contributed by atoms with Gasteiger partial charge in [-0.2, -0.15) is 13.2 Å². The Hall–Kier alpha value is -4.84. The van der Waals surface area contributed by atoms with Crippen LogP contribution >= 0.6 is 0 Å². The summed E-state index contributed by atoms with van der Waals surface area (Å²) < 4.78 is 44.6. The van der Waals surface area contributed by atoms with Crippen molar-refractivity contribution < 1.29 is 27.5 Å². The molecule has 0 aliphatic carbocycles. The Bertz CT molecular complexity index is 1260. The number of hydrogen-bond acceptors (Lipinski definition) is 6. The second-order valence-electron chi connectivity index (χ2n) is 6.62. The summed E-state index contributed by atoms with van der Waals surface area (Å²) >= 11 is 0. The molecule has 14 heteroatoms. The number of hydrogen-bond donors (Lipinski definition) is 3. The summed E-state index contributed by atoms with van der Waals surface area (Å²) in [5.74, 6) is -0.451. The van der Waals surface area contributed by atoms with Crippen LogP contribution in [-0.4, -0.2) is 21.9 Å². The molecule has 2 aromatic carbocycles. The largest absolute Gasteiger partial charge is 0.439 e. The highest BCUT2D eigenvalue weighted by atomic mass is 19.4. The molecule has 1 aromatic heterocycles. The van der Waals surface area contributed by atoms with Crippen LogP contribution in [0.5, 0.6) is 11.6 Å². The first kappa shape index (κ1) is 23.8. The topological polar surface area (TPSA) is 168 Å². The van der Waals surface area contributed by atoms with Crippen molar-refractivity contribution in [3.8, 4) is 11.6 Å². The van der Waals surface area contributed by atoms with Gasteiger partial charge >= 0.3 is 12.2 Å². The minimum Gasteiger partial charge on any atom is -0.439 e. The summed E-state index contributed by atoms with van der Waals surface area (Å²) in [6.45, 7) is -0.279. The van der Waals surface area contributed by atoms with E-state index in [1.165, 1.54) is 36.4 Å². The Kier molecular flexibility index (Phi) is 7.13. The minimum absolute atomic E-state index is 0.0486. The van der Waals surface area contributed by atoms with Crippen LogP contribution < -0.4 is 21.1 Å². The van der Waals surface area contributed by atoms with Gasteiger partial charge in [0.1, 0.15) is 17.9 Å². The zero-order valence-corrected chi connectivity index (χ0v) is 17.1. The summed E-state index contributed by atoms with van der Waals surface area (Å²) in [6, 6.07) is 9.35. The number of benzene rings is 2. The lowest BCUT2D eigenvalue weighted by atomic mass is 10.0. The highest BCUT2D eigenvalue weighted by molar-refractivity contribution is 5.93. The highest BCUT2D eigenvalue weighted by Crippen LogP contribution is 2.30. The van der Waals surface area contributed by atoms with Gasteiger partial charge in [-0.25, -0.2) is 14.8 Å². The summed E-state index contributed by atoms with van der Waals surface area (Å²) in [5, 5.41) is 8.26. The van der Waals surface area contributed by atoms with E-state index in [1.54, 1.807) is 0 Å². The van der Waals surface area contributed by atoms with Crippen molar-refractivity contribution in [1.82, 2.24) is 15.3 Å². The number of azide groups is 1. The van der Waals surface area contributed by atoms with E-state index in [-0.39, 0.29) is 29.4 Å². The van der Waals surface area contributed by atoms with Crippen molar-refractivity contribution >= 4 is 23.4 Å². The fraction of sp³-hybridized carbons (Fsp3) is 0.100. The van der Waals surface area contributed by atoms with Gasteiger partial charge < -0.3 is 21.1 Å². The molecule has 0 saturated heterocycles. The van der Waals surface area contributed by atoms with E-state index >= 15 is 0 Å². The molecule has 3 amide bonds.